The summed E-state index contributed by atoms with van der Waals surface area (Å²) < 4.78 is 17.0. The lowest BCUT2D eigenvalue weighted by Crippen LogP contribution is -2.31. The first kappa shape index (κ1) is 26.8. The number of amides is 1. The molecule has 0 bridgehead atoms. The number of furan rings is 1. The molecule has 0 aliphatic carbocycles. The van der Waals surface area contributed by atoms with Crippen molar-refractivity contribution in [1.82, 2.24) is 10.2 Å². The summed E-state index contributed by atoms with van der Waals surface area (Å²) in [4.78, 5) is 28.1. The lowest BCUT2D eigenvalue weighted by Gasteiger charge is -2.24. The fourth-order valence-corrected chi connectivity index (χ4v) is 6.05. The zero-order valence-corrected chi connectivity index (χ0v) is 23.2. The second-order valence-electron chi connectivity index (χ2n) is 8.26. The Hall–Kier alpha value is -3.80. The predicted octanol–water partition coefficient (Wildman–Crippen LogP) is 6.27. The summed E-state index contributed by atoms with van der Waals surface area (Å²) in [6.45, 7) is 2.28. The number of halogens is 1. The number of aliphatic hydroxyl groups excluding tert-OH is 1. The van der Waals surface area contributed by atoms with Crippen molar-refractivity contribution in [3.63, 3.8) is 0 Å². The van der Waals surface area contributed by atoms with Crippen molar-refractivity contribution in [3.05, 3.63) is 94.1 Å². The van der Waals surface area contributed by atoms with Crippen LogP contribution in [0.3, 0.4) is 0 Å². The van der Waals surface area contributed by atoms with Crippen LogP contribution in [0.2, 0.25) is 5.02 Å². The maximum Gasteiger partial charge on any atom is 0.296 e. The molecule has 12 heteroatoms. The molecule has 3 heterocycles. The van der Waals surface area contributed by atoms with Crippen molar-refractivity contribution in [3.8, 4) is 11.5 Å². The smallest absolute Gasteiger partial charge is 0.296 e. The first-order valence-corrected chi connectivity index (χ1v) is 14.0. The highest BCUT2D eigenvalue weighted by atomic mass is 35.5. The second kappa shape index (κ2) is 11.5. The number of aliphatic hydroxyl groups is 1. The van der Waals surface area contributed by atoms with E-state index in [0.717, 1.165) is 5.56 Å². The van der Waals surface area contributed by atoms with Crippen molar-refractivity contribution in [1.29, 1.82) is 0 Å². The van der Waals surface area contributed by atoms with E-state index in [1.807, 2.05) is 31.2 Å². The van der Waals surface area contributed by atoms with Crippen LogP contribution in [-0.2, 0) is 10.5 Å². The molecule has 1 aliphatic heterocycles. The van der Waals surface area contributed by atoms with Gasteiger partial charge in [-0.25, -0.2) is 0 Å². The third-order valence-corrected chi connectivity index (χ3v) is 8.26. The summed E-state index contributed by atoms with van der Waals surface area (Å²) in [5.41, 5.74) is 1.42. The largest absolute Gasteiger partial charge is 0.503 e. The van der Waals surface area contributed by atoms with Gasteiger partial charge in [0, 0.05) is 10.8 Å². The molecule has 5 rings (SSSR count). The van der Waals surface area contributed by atoms with Crippen molar-refractivity contribution in [2.45, 2.75) is 23.1 Å². The summed E-state index contributed by atoms with van der Waals surface area (Å²) in [7, 11) is 1.50. The molecule has 9 nitrogen and oxygen atoms in total. The van der Waals surface area contributed by atoms with Gasteiger partial charge in [0.25, 0.3) is 5.91 Å². The number of thioether (sulfide) groups is 1. The normalized spacial score (nSPS) is 15.2. The first-order chi connectivity index (χ1) is 18.9. The lowest BCUT2D eigenvalue weighted by atomic mass is 9.95. The van der Waals surface area contributed by atoms with Crippen LogP contribution in [0.5, 0.6) is 11.5 Å². The van der Waals surface area contributed by atoms with Crippen molar-refractivity contribution in [2.24, 2.45) is 0 Å². The average Bonchev–Trinajstić information content (AvgIpc) is 3.69. The molecule has 0 radical (unpaired) electrons. The topological polar surface area (TPSA) is 115 Å². The van der Waals surface area contributed by atoms with Gasteiger partial charge in [-0.1, -0.05) is 52.9 Å². The van der Waals surface area contributed by atoms with Crippen molar-refractivity contribution >= 4 is 51.5 Å². The number of ether oxygens (including phenoxy) is 2. The number of nitrogens with zero attached hydrogens (tertiary/aromatic N) is 3. The maximum atomic E-state index is 13.4. The molecule has 0 spiro atoms. The molecule has 2 aromatic carbocycles. The van der Waals surface area contributed by atoms with Gasteiger partial charge in [0.1, 0.15) is 0 Å². The number of anilines is 1. The summed E-state index contributed by atoms with van der Waals surface area (Å²) in [6, 6.07) is 14.6. The molecule has 1 amide bonds. The Kier molecular flexibility index (Phi) is 7.92. The van der Waals surface area contributed by atoms with Crippen LogP contribution < -0.4 is 14.4 Å². The predicted molar refractivity (Wildman–Crippen MR) is 148 cm³/mol. The van der Waals surface area contributed by atoms with Crippen molar-refractivity contribution < 1.29 is 28.6 Å². The Morgan fingerprint density at radius 3 is 2.67 bits per heavy atom. The SMILES string of the molecule is CCOc1ccc(C2C(C(=O)c3ccco3)=C(O)C(=O)N2c2nnc(SCc3ccc(Cl)cc3)s2)cc1OC. The molecule has 2 aromatic heterocycles. The van der Waals surface area contributed by atoms with E-state index in [4.69, 9.17) is 25.5 Å². The third-order valence-electron chi connectivity index (χ3n) is 5.88. The molecule has 1 unspecified atom stereocenters. The number of ketones is 1. The minimum Gasteiger partial charge on any atom is -0.503 e. The highest BCUT2D eigenvalue weighted by molar-refractivity contribution is 8.00. The average molecular weight is 584 g/mol. The van der Waals surface area contributed by atoms with E-state index in [0.29, 0.717) is 38.8 Å². The van der Waals surface area contributed by atoms with Gasteiger partial charge in [0.05, 0.1) is 31.6 Å². The van der Waals surface area contributed by atoms with Gasteiger partial charge in [-0.05, 0) is 54.4 Å². The number of carbonyl (C=O) groups excluding carboxylic acids is 2. The van der Waals surface area contributed by atoms with Crippen LogP contribution in [0, 0.1) is 0 Å². The maximum absolute atomic E-state index is 13.4. The van der Waals surface area contributed by atoms with E-state index in [1.54, 1.807) is 24.3 Å². The fraction of sp³-hybridized carbons (Fsp3) is 0.185. The highest BCUT2D eigenvalue weighted by Crippen LogP contribution is 2.45. The van der Waals surface area contributed by atoms with Crippen LogP contribution in [-0.4, -0.2) is 40.7 Å². The van der Waals surface area contributed by atoms with Gasteiger partial charge in [0.2, 0.25) is 10.9 Å². The van der Waals surface area contributed by atoms with Crippen molar-refractivity contribution in [2.75, 3.05) is 18.6 Å². The number of methoxy groups -OCH3 is 1. The fourth-order valence-electron chi connectivity index (χ4n) is 4.10. The number of aromatic nitrogens is 2. The number of carbonyl (C=O) groups is 2. The van der Waals surface area contributed by atoms with Crippen LogP contribution in [0.15, 0.2) is 80.9 Å². The Balaban J connectivity index is 1.52. The quantitative estimate of drug-likeness (QED) is 0.131. The van der Waals surface area contributed by atoms with Gasteiger partial charge in [-0.2, -0.15) is 0 Å². The molecule has 200 valence electrons. The monoisotopic (exact) mass is 583 g/mol. The zero-order valence-electron chi connectivity index (χ0n) is 20.8. The minimum atomic E-state index is -1.01. The van der Waals surface area contributed by atoms with E-state index >= 15 is 0 Å². The van der Waals surface area contributed by atoms with E-state index in [-0.39, 0.29) is 16.5 Å². The number of Topliss-reactive ketones (excluding diaryl/α,β-unsaturated/α-hetero) is 1. The standard InChI is InChI=1S/C27H22ClN3O6S2/c1-3-36-18-11-8-16(13-20(18)35-2)22-21(23(32)19-5-4-12-37-19)24(33)25(34)31(22)26-29-30-27(39-26)38-14-15-6-9-17(28)10-7-15/h4-13,22,33H,3,14H2,1-2H3. The van der Waals surface area contributed by atoms with Crippen LogP contribution in [0.25, 0.3) is 0 Å². The first-order valence-electron chi connectivity index (χ1n) is 11.8. The number of hydrogen-bond acceptors (Lipinski definition) is 10. The van der Waals surface area contributed by atoms with Crippen LogP contribution in [0.1, 0.15) is 34.6 Å². The third kappa shape index (κ3) is 5.38. The second-order valence-corrected chi connectivity index (χ2v) is 10.9. The molecule has 39 heavy (non-hydrogen) atoms. The summed E-state index contributed by atoms with van der Waals surface area (Å²) >= 11 is 8.60. The molecule has 4 aromatic rings. The Morgan fingerprint density at radius 1 is 1.18 bits per heavy atom. The van der Waals surface area contributed by atoms with Gasteiger partial charge in [-0.3, -0.25) is 14.5 Å². The molecule has 0 saturated heterocycles. The number of rotatable bonds is 10. The van der Waals surface area contributed by atoms with Gasteiger partial charge in [0.15, 0.2) is 27.4 Å². The van der Waals surface area contributed by atoms with Gasteiger partial charge >= 0.3 is 0 Å². The molecule has 0 saturated carbocycles. The minimum absolute atomic E-state index is 0.00873. The lowest BCUT2D eigenvalue weighted by molar-refractivity contribution is -0.117. The highest BCUT2D eigenvalue weighted by Gasteiger charge is 2.47. The summed E-state index contributed by atoms with van der Waals surface area (Å²) in [6.07, 6.45) is 1.35. The molecule has 1 atom stereocenters. The summed E-state index contributed by atoms with van der Waals surface area (Å²) in [5, 5.41) is 20.3. The van der Waals surface area contributed by atoms with E-state index in [2.05, 4.69) is 10.2 Å². The van der Waals surface area contributed by atoms with E-state index in [9.17, 15) is 14.7 Å². The van der Waals surface area contributed by atoms with Gasteiger partial charge in [-0.15, -0.1) is 10.2 Å². The van der Waals surface area contributed by atoms with Gasteiger partial charge < -0.3 is 19.0 Å². The van der Waals surface area contributed by atoms with E-state index in [1.165, 1.54) is 47.4 Å². The van der Waals surface area contributed by atoms with Crippen LogP contribution in [0.4, 0.5) is 5.13 Å². The molecule has 1 N–H and O–H groups in total. The van der Waals surface area contributed by atoms with E-state index < -0.39 is 23.5 Å². The zero-order chi connectivity index (χ0) is 27.5. The molecule has 1 aliphatic rings. The Bertz CT molecular complexity index is 1540. The Morgan fingerprint density at radius 2 is 1.97 bits per heavy atom. The molecular formula is C27H22ClN3O6S2. The molecular weight excluding hydrogens is 562 g/mol. The number of benzene rings is 2. The summed E-state index contributed by atoms with van der Waals surface area (Å²) in [5.74, 6) is -0.546. The molecule has 0 fully saturated rings. The number of hydrogen-bond donors (Lipinski definition) is 1. The Labute approximate surface area is 237 Å². The van der Waals surface area contributed by atoms with Crippen LogP contribution >= 0.6 is 34.7 Å².